The average Bonchev–Trinajstić information content (AvgIpc) is 3.53. The van der Waals surface area contributed by atoms with Gasteiger partial charge in [-0.1, -0.05) is 146 Å². The maximum Gasteiger partial charge on any atom is 0.162 e. The molecule has 10 rings (SSSR count). The van der Waals surface area contributed by atoms with Gasteiger partial charge in [0.15, 0.2) is 5.82 Å². The monoisotopic (exact) mass is 623 g/mol. The van der Waals surface area contributed by atoms with Gasteiger partial charge >= 0.3 is 0 Å². The molecule has 3 nitrogen and oxygen atoms in total. The van der Waals surface area contributed by atoms with E-state index in [0.29, 0.717) is 5.82 Å². The average molecular weight is 624 g/mol. The van der Waals surface area contributed by atoms with E-state index in [1.165, 1.54) is 54.2 Å². The van der Waals surface area contributed by atoms with Gasteiger partial charge in [-0.3, -0.25) is 4.57 Å². The van der Waals surface area contributed by atoms with Crippen LogP contribution >= 0.6 is 0 Å². The molecule has 0 amide bonds. The lowest BCUT2D eigenvalue weighted by Crippen LogP contribution is -2.02. The summed E-state index contributed by atoms with van der Waals surface area (Å²) < 4.78 is 2.30. The number of aromatic nitrogens is 3. The molecule has 0 spiro atoms. The Morgan fingerprint density at radius 3 is 1.82 bits per heavy atom. The van der Waals surface area contributed by atoms with E-state index in [9.17, 15) is 0 Å². The van der Waals surface area contributed by atoms with Gasteiger partial charge < -0.3 is 0 Å². The number of para-hydroxylation sites is 1. The molecule has 0 bridgehead atoms. The van der Waals surface area contributed by atoms with E-state index in [-0.39, 0.29) is 0 Å². The highest BCUT2D eigenvalue weighted by Gasteiger charge is 2.18. The molecule has 0 unspecified atom stereocenters. The predicted octanol–water partition coefficient (Wildman–Crippen LogP) is 12.0. The third kappa shape index (κ3) is 4.51. The summed E-state index contributed by atoms with van der Waals surface area (Å²) in [6, 6.07) is 62.7. The molecule has 0 radical (unpaired) electrons. The van der Waals surface area contributed by atoms with E-state index in [0.717, 1.165) is 33.7 Å². The molecule has 0 aliphatic heterocycles. The van der Waals surface area contributed by atoms with Crippen LogP contribution in [0.4, 0.5) is 0 Å². The molecule has 0 aliphatic carbocycles. The first-order valence-corrected chi connectivity index (χ1v) is 16.7. The fourth-order valence-electron chi connectivity index (χ4n) is 7.43. The minimum absolute atomic E-state index is 0.704. The first-order valence-electron chi connectivity index (χ1n) is 16.7. The number of nitrogens with zero attached hydrogens (tertiary/aromatic N) is 3. The molecule has 228 valence electrons. The molecular weight excluding hydrogens is 595 g/mol. The SMILES string of the molecule is c1ccc(-c2cc(-n3c4ccccc4c4c5cc(-c6ccc7c(ccc8ccccc87)c6)ccc5ccc43)nc(-c3ccccc3)n2)cc1. The van der Waals surface area contributed by atoms with Crippen LogP contribution in [0.5, 0.6) is 0 Å². The van der Waals surface area contributed by atoms with Gasteiger partial charge in [-0.25, -0.2) is 9.97 Å². The Morgan fingerprint density at radius 2 is 0.959 bits per heavy atom. The van der Waals surface area contributed by atoms with Crippen LogP contribution in [-0.2, 0) is 0 Å². The minimum Gasteiger partial charge on any atom is -0.294 e. The summed E-state index contributed by atoms with van der Waals surface area (Å²) >= 11 is 0. The Hall–Kier alpha value is -6.58. The van der Waals surface area contributed by atoms with Gasteiger partial charge in [0.1, 0.15) is 5.82 Å². The lowest BCUT2D eigenvalue weighted by atomic mass is 9.95. The van der Waals surface area contributed by atoms with Gasteiger partial charge in [0.05, 0.1) is 16.7 Å². The van der Waals surface area contributed by atoms with E-state index in [2.05, 4.69) is 156 Å². The van der Waals surface area contributed by atoms with Gasteiger partial charge in [-0.2, -0.15) is 0 Å². The van der Waals surface area contributed by atoms with E-state index in [1.54, 1.807) is 0 Å². The lowest BCUT2D eigenvalue weighted by Gasteiger charge is -2.12. The molecule has 3 heteroatoms. The summed E-state index contributed by atoms with van der Waals surface area (Å²) in [7, 11) is 0. The van der Waals surface area contributed by atoms with E-state index in [4.69, 9.17) is 9.97 Å². The minimum atomic E-state index is 0.704. The van der Waals surface area contributed by atoms with Crippen molar-refractivity contribution in [3.63, 3.8) is 0 Å². The molecule has 10 aromatic rings. The van der Waals surface area contributed by atoms with Crippen LogP contribution < -0.4 is 0 Å². The van der Waals surface area contributed by atoms with Crippen molar-refractivity contribution < 1.29 is 0 Å². The third-order valence-electron chi connectivity index (χ3n) is 9.78. The van der Waals surface area contributed by atoms with Crippen molar-refractivity contribution in [2.75, 3.05) is 0 Å². The zero-order chi connectivity index (χ0) is 32.3. The zero-order valence-corrected chi connectivity index (χ0v) is 26.6. The van der Waals surface area contributed by atoms with Crippen LogP contribution in [0.15, 0.2) is 176 Å². The number of fused-ring (bicyclic) bond motifs is 8. The Balaban J connectivity index is 1.21. The van der Waals surface area contributed by atoms with Gasteiger partial charge in [0.2, 0.25) is 0 Å². The Morgan fingerprint density at radius 1 is 0.347 bits per heavy atom. The first kappa shape index (κ1) is 27.5. The van der Waals surface area contributed by atoms with Crippen LogP contribution in [0.25, 0.3) is 93.7 Å². The smallest absolute Gasteiger partial charge is 0.162 e. The standard InChI is InChI=1S/C46H29N3/c1-3-12-32(13-4-1)41-29-44(48-46(47-41)33-14-5-2-6-15-33)49-42-18-10-9-17-39(42)45-40-28-35(21-19-31(40)24-26-43(45)49)34-23-25-38-36(27-34)22-20-30-11-7-8-16-37(30)38/h1-29H. The second-order valence-corrected chi connectivity index (χ2v) is 12.6. The number of hydrogen-bond donors (Lipinski definition) is 0. The van der Waals surface area contributed by atoms with Crippen molar-refractivity contribution in [2.45, 2.75) is 0 Å². The normalized spacial score (nSPS) is 11.7. The zero-order valence-electron chi connectivity index (χ0n) is 26.6. The summed E-state index contributed by atoms with van der Waals surface area (Å²) in [6.45, 7) is 0. The van der Waals surface area contributed by atoms with Crippen molar-refractivity contribution in [3.05, 3.63) is 176 Å². The Bertz CT molecular complexity index is 2810. The van der Waals surface area contributed by atoms with E-state index < -0.39 is 0 Å². The fraction of sp³-hybridized carbons (Fsp3) is 0. The molecule has 0 fully saturated rings. The molecule has 0 atom stereocenters. The largest absolute Gasteiger partial charge is 0.294 e. The van der Waals surface area contributed by atoms with Crippen molar-refractivity contribution in [1.29, 1.82) is 0 Å². The highest BCUT2D eigenvalue weighted by atomic mass is 15.1. The molecule has 2 heterocycles. The van der Waals surface area contributed by atoms with Gasteiger partial charge in [-0.05, 0) is 67.7 Å². The van der Waals surface area contributed by atoms with E-state index in [1.807, 2.05) is 24.3 Å². The fourth-order valence-corrected chi connectivity index (χ4v) is 7.43. The number of rotatable bonds is 4. The van der Waals surface area contributed by atoms with Gasteiger partial charge in [0, 0.05) is 28.0 Å². The highest BCUT2D eigenvalue weighted by Crippen LogP contribution is 2.39. The van der Waals surface area contributed by atoms with Crippen LogP contribution in [0, 0.1) is 0 Å². The summed E-state index contributed by atoms with van der Waals surface area (Å²) in [6.07, 6.45) is 0. The van der Waals surface area contributed by atoms with E-state index >= 15 is 0 Å². The molecule has 2 aromatic heterocycles. The summed E-state index contributed by atoms with van der Waals surface area (Å²) in [5.41, 5.74) is 7.58. The second kappa shape index (κ2) is 11.0. The molecule has 0 N–H and O–H groups in total. The summed E-state index contributed by atoms with van der Waals surface area (Å²) in [4.78, 5) is 10.3. The molecular formula is C46H29N3. The maximum atomic E-state index is 5.22. The topological polar surface area (TPSA) is 30.7 Å². The Labute approximate surface area is 283 Å². The van der Waals surface area contributed by atoms with Crippen LogP contribution in [-0.4, -0.2) is 14.5 Å². The molecule has 49 heavy (non-hydrogen) atoms. The molecule has 0 aliphatic rings. The van der Waals surface area contributed by atoms with Crippen molar-refractivity contribution >= 4 is 54.1 Å². The van der Waals surface area contributed by atoms with Crippen LogP contribution in [0.1, 0.15) is 0 Å². The predicted molar refractivity (Wildman–Crippen MR) is 205 cm³/mol. The summed E-state index contributed by atoms with van der Waals surface area (Å²) in [5.74, 6) is 1.55. The quantitative estimate of drug-likeness (QED) is 0.183. The Kier molecular flexibility index (Phi) is 6.18. The number of benzene rings is 8. The molecule has 0 saturated heterocycles. The highest BCUT2D eigenvalue weighted by molar-refractivity contribution is 6.22. The summed E-state index contributed by atoms with van der Waals surface area (Å²) in [5, 5.41) is 9.95. The van der Waals surface area contributed by atoms with Gasteiger partial charge in [0.25, 0.3) is 0 Å². The third-order valence-corrected chi connectivity index (χ3v) is 9.78. The van der Waals surface area contributed by atoms with Crippen molar-refractivity contribution in [2.24, 2.45) is 0 Å². The molecule has 0 saturated carbocycles. The van der Waals surface area contributed by atoms with Crippen LogP contribution in [0.2, 0.25) is 0 Å². The maximum absolute atomic E-state index is 5.22. The first-order chi connectivity index (χ1) is 24.3. The van der Waals surface area contributed by atoms with Crippen LogP contribution in [0.3, 0.4) is 0 Å². The van der Waals surface area contributed by atoms with Crippen molar-refractivity contribution in [3.8, 4) is 39.6 Å². The lowest BCUT2D eigenvalue weighted by molar-refractivity contribution is 1.05. The van der Waals surface area contributed by atoms with Crippen molar-refractivity contribution in [1.82, 2.24) is 14.5 Å². The number of hydrogen-bond acceptors (Lipinski definition) is 2. The second-order valence-electron chi connectivity index (χ2n) is 12.6. The molecule has 8 aromatic carbocycles. The van der Waals surface area contributed by atoms with Gasteiger partial charge in [-0.15, -0.1) is 0 Å².